The van der Waals surface area contributed by atoms with Gasteiger partial charge in [0.05, 0.1) is 17.4 Å². The van der Waals surface area contributed by atoms with Crippen LogP contribution < -0.4 is 14.8 Å². The van der Waals surface area contributed by atoms with Crippen molar-refractivity contribution in [1.82, 2.24) is 0 Å². The number of anilines is 1. The molecular formula is C18H15NO5S. The van der Waals surface area contributed by atoms with Gasteiger partial charge in [-0.25, -0.2) is 0 Å². The third-order valence-electron chi connectivity index (χ3n) is 3.90. The van der Waals surface area contributed by atoms with Gasteiger partial charge in [0.2, 0.25) is 12.7 Å². The number of hydrogen-bond acceptors (Lipinski definition) is 6. The molecule has 1 amide bonds. The summed E-state index contributed by atoms with van der Waals surface area (Å²) >= 11 is 1.38. The Balaban J connectivity index is 1.34. The Morgan fingerprint density at radius 3 is 2.96 bits per heavy atom. The fourth-order valence-electron chi connectivity index (χ4n) is 2.63. The predicted octanol–water partition coefficient (Wildman–Crippen LogP) is 2.96. The second-order valence-corrected chi connectivity index (χ2v) is 6.89. The van der Waals surface area contributed by atoms with E-state index in [2.05, 4.69) is 5.32 Å². The molecule has 1 atom stereocenters. The molecule has 1 N–H and O–H groups in total. The van der Waals surface area contributed by atoms with E-state index in [1.54, 1.807) is 12.1 Å². The highest BCUT2D eigenvalue weighted by Crippen LogP contribution is 2.37. The summed E-state index contributed by atoms with van der Waals surface area (Å²) in [7, 11) is 0. The minimum absolute atomic E-state index is 0.0232. The molecule has 0 radical (unpaired) electrons. The van der Waals surface area contributed by atoms with Crippen molar-refractivity contribution in [3.63, 3.8) is 0 Å². The van der Waals surface area contributed by atoms with Gasteiger partial charge in [-0.3, -0.25) is 9.59 Å². The summed E-state index contributed by atoms with van der Waals surface area (Å²) < 4.78 is 15.8. The molecular weight excluding hydrogens is 342 g/mol. The van der Waals surface area contributed by atoms with Crippen LogP contribution in [0.1, 0.15) is 12.0 Å². The first-order valence-electron chi connectivity index (χ1n) is 7.80. The average Bonchev–Trinajstić information content (AvgIpc) is 3.08. The van der Waals surface area contributed by atoms with E-state index >= 15 is 0 Å². The van der Waals surface area contributed by atoms with Crippen molar-refractivity contribution < 1.29 is 23.8 Å². The van der Waals surface area contributed by atoms with Crippen molar-refractivity contribution in [3.8, 4) is 11.5 Å². The van der Waals surface area contributed by atoms with Gasteiger partial charge in [-0.2, -0.15) is 0 Å². The summed E-state index contributed by atoms with van der Waals surface area (Å²) in [5.41, 5.74) is 1.59. The summed E-state index contributed by atoms with van der Waals surface area (Å²) in [4.78, 5) is 25.2. The largest absolute Gasteiger partial charge is 0.461 e. The number of fused-ring (bicyclic) bond motifs is 2. The fourth-order valence-corrected chi connectivity index (χ4v) is 3.73. The number of nitrogens with one attached hydrogen (secondary N) is 1. The molecule has 128 valence electrons. The van der Waals surface area contributed by atoms with Gasteiger partial charge in [0, 0.05) is 4.90 Å². The van der Waals surface area contributed by atoms with Gasteiger partial charge >= 0.3 is 5.97 Å². The molecule has 0 aromatic heterocycles. The number of ether oxygens (including phenoxy) is 3. The van der Waals surface area contributed by atoms with E-state index in [4.69, 9.17) is 14.2 Å². The van der Waals surface area contributed by atoms with E-state index in [-0.39, 0.29) is 25.7 Å². The smallest absolute Gasteiger partial charge is 0.307 e. The van der Waals surface area contributed by atoms with Gasteiger partial charge in [-0.05, 0) is 29.8 Å². The minimum atomic E-state index is -0.487. The maximum atomic E-state index is 12.1. The first kappa shape index (κ1) is 15.8. The summed E-state index contributed by atoms with van der Waals surface area (Å²) in [5.74, 6) is 0.741. The fraction of sp³-hybridized carbons (Fsp3) is 0.222. The number of esters is 1. The van der Waals surface area contributed by atoms with Crippen molar-refractivity contribution in [3.05, 3.63) is 48.0 Å². The topological polar surface area (TPSA) is 73.9 Å². The second-order valence-electron chi connectivity index (χ2n) is 5.64. The van der Waals surface area contributed by atoms with Gasteiger partial charge in [0.25, 0.3) is 0 Å². The molecule has 0 fully saturated rings. The maximum absolute atomic E-state index is 12.1. The van der Waals surface area contributed by atoms with E-state index in [0.29, 0.717) is 11.5 Å². The molecule has 2 aliphatic rings. The lowest BCUT2D eigenvalue weighted by molar-refractivity contribution is -0.145. The Labute approximate surface area is 148 Å². The van der Waals surface area contributed by atoms with Gasteiger partial charge in [-0.1, -0.05) is 18.2 Å². The van der Waals surface area contributed by atoms with Gasteiger partial charge in [-0.15, -0.1) is 11.8 Å². The van der Waals surface area contributed by atoms with Crippen LogP contribution in [0.3, 0.4) is 0 Å². The minimum Gasteiger partial charge on any atom is -0.461 e. The highest BCUT2D eigenvalue weighted by Gasteiger charge is 2.29. The third-order valence-corrected chi connectivity index (χ3v) is 5.17. The van der Waals surface area contributed by atoms with Crippen molar-refractivity contribution in [2.45, 2.75) is 23.2 Å². The lowest BCUT2D eigenvalue weighted by Gasteiger charge is -2.23. The Kier molecular flexibility index (Phi) is 4.23. The monoisotopic (exact) mass is 357 g/mol. The lowest BCUT2D eigenvalue weighted by atomic mass is 10.2. The van der Waals surface area contributed by atoms with E-state index in [9.17, 15) is 9.59 Å². The molecule has 6 nitrogen and oxygen atoms in total. The molecule has 4 rings (SSSR count). The molecule has 25 heavy (non-hydrogen) atoms. The van der Waals surface area contributed by atoms with Crippen LogP contribution >= 0.6 is 11.8 Å². The molecule has 0 aliphatic carbocycles. The SMILES string of the molecule is O=C(C[C@H]1Sc2ccccc2NC1=O)OCc1ccc2c(c1)OCO2. The highest BCUT2D eigenvalue weighted by atomic mass is 32.2. The number of hydrogen-bond donors (Lipinski definition) is 1. The first-order valence-corrected chi connectivity index (χ1v) is 8.68. The summed E-state index contributed by atoms with van der Waals surface area (Å²) in [5, 5.41) is 2.33. The number of carbonyl (C=O) groups excluding carboxylic acids is 2. The second kappa shape index (κ2) is 6.68. The van der Waals surface area contributed by atoms with Crippen molar-refractivity contribution in [1.29, 1.82) is 0 Å². The zero-order valence-electron chi connectivity index (χ0n) is 13.2. The molecule has 0 spiro atoms. The standard InChI is InChI=1S/C18H15NO5S/c20-17(22-9-11-5-6-13-14(7-11)24-10-23-13)8-16-18(21)19-12-3-1-2-4-15(12)25-16/h1-7,16H,8-10H2,(H,19,21)/t16-/m1/s1. The third kappa shape index (κ3) is 3.41. The highest BCUT2D eigenvalue weighted by molar-refractivity contribution is 8.01. The van der Waals surface area contributed by atoms with Gasteiger partial charge < -0.3 is 19.5 Å². The number of rotatable bonds is 4. The number of amides is 1. The molecule has 2 aromatic rings. The zero-order chi connectivity index (χ0) is 17.2. The number of para-hydroxylation sites is 1. The maximum Gasteiger partial charge on any atom is 0.307 e. The quantitative estimate of drug-likeness (QED) is 0.848. The van der Waals surface area contributed by atoms with Gasteiger partial charge in [0.1, 0.15) is 6.61 Å². The predicted molar refractivity (Wildman–Crippen MR) is 91.7 cm³/mol. The summed E-state index contributed by atoms with van der Waals surface area (Å²) in [6.45, 7) is 0.332. The van der Waals surface area contributed by atoms with Crippen molar-refractivity contribution >= 4 is 29.3 Å². The molecule has 2 heterocycles. The number of thioether (sulfide) groups is 1. The average molecular weight is 357 g/mol. The van der Waals surface area contributed by atoms with E-state index < -0.39 is 11.2 Å². The van der Waals surface area contributed by atoms with Crippen molar-refractivity contribution in [2.24, 2.45) is 0 Å². The van der Waals surface area contributed by atoms with E-state index in [1.165, 1.54) is 11.8 Å². The number of carbonyl (C=O) groups is 2. The Bertz CT molecular complexity index is 838. The molecule has 2 aliphatic heterocycles. The van der Waals surface area contributed by atoms with Crippen molar-refractivity contribution in [2.75, 3.05) is 12.1 Å². The van der Waals surface area contributed by atoms with Crippen LogP contribution in [0.4, 0.5) is 5.69 Å². The van der Waals surface area contributed by atoms with Crippen LogP contribution in [0.2, 0.25) is 0 Å². The normalized spacial score (nSPS) is 17.6. The van der Waals surface area contributed by atoms with Crippen LogP contribution in [0.25, 0.3) is 0 Å². The number of benzene rings is 2. The van der Waals surface area contributed by atoms with Crippen LogP contribution in [0, 0.1) is 0 Å². The van der Waals surface area contributed by atoms with E-state index in [1.807, 2.05) is 30.3 Å². The summed E-state index contributed by atoms with van der Waals surface area (Å²) in [6, 6.07) is 12.9. The zero-order valence-corrected chi connectivity index (χ0v) is 14.0. The lowest BCUT2D eigenvalue weighted by Crippen LogP contribution is -2.31. The van der Waals surface area contributed by atoms with E-state index in [0.717, 1.165) is 16.1 Å². The Morgan fingerprint density at radius 1 is 1.20 bits per heavy atom. The molecule has 0 unspecified atom stereocenters. The first-order chi connectivity index (χ1) is 12.2. The molecule has 7 heteroatoms. The van der Waals surface area contributed by atoms with Crippen LogP contribution in [0.5, 0.6) is 11.5 Å². The molecule has 2 aromatic carbocycles. The van der Waals surface area contributed by atoms with Gasteiger partial charge in [0.15, 0.2) is 11.5 Å². The molecule has 0 bridgehead atoms. The molecule has 0 saturated heterocycles. The molecule has 0 saturated carbocycles. The summed E-state index contributed by atoms with van der Waals surface area (Å²) in [6.07, 6.45) is 0.0232. The van der Waals surface area contributed by atoms with Crippen LogP contribution in [-0.2, 0) is 20.9 Å². The van der Waals surface area contributed by atoms with Crippen LogP contribution in [0.15, 0.2) is 47.4 Å². The Hall–Kier alpha value is -2.67. The Morgan fingerprint density at radius 2 is 2.04 bits per heavy atom. The van der Waals surface area contributed by atoms with Crippen LogP contribution in [-0.4, -0.2) is 23.9 Å².